The van der Waals surface area contributed by atoms with Crippen LogP contribution in [0.2, 0.25) is 0 Å². The third-order valence-electron chi connectivity index (χ3n) is 6.03. The van der Waals surface area contributed by atoms with Crippen LogP contribution in [0.3, 0.4) is 0 Å². The molecule has 7 nitrogen and oxygen atoms in total. The molecule has 1 aliphatic rings. The number of anilines is 2. The maximum absolute atomic E-state index is 13.4. The predicted molar refractivity (Wildman–Crippen MR) is 129 cm³/mol. The molecule has 0 radical (unpaired) electrons. The Morgan fingerprint density at radius 2 is 1.68 bits per heavy atom. The third kappa shape index (κ3) is 5.43. The van der Waals surface area contributed by atoms with E-state index in [4.69, 9.17) is 5.14 Å². The molecule has 1 amide bonds. The van der Waals surface area contributed by atoms with Crippen LogP contribution >= 0.6 is 0 Å². The molecule has 2 heterocycles. The number of hydrogen-bond donors (Lipinski definition) is 2. The number of carbonyl (C=O) groups is 1. The Morgan fingerprint density at radius 1 is 1.06 bits per heavy atom. The Morgan fingerprint density at radius 3 is 2.26 bits per heavy atom. The van der Waals surface area contributed by atoms with Gasteiger partial charge in [0, 0.05) is 31.0 Å². The zero-order valence-electron chi connectivity index (χ0n) is 19.1. The number of hydrogen-bond acceptors (Lipinski definition) is 5. The first-order valence-electron chi connectivity index (χ1n) is 11.0. The molecular weight excluding hydrogens is 455 g/mol. The van der Waals surface area contributed by atoms with Gasteiger partial charge in [-0.1, -0.05) is 18.2 Å². The molecule has 4 rings (SSSR count). The number of sulfonamides is 1. The van der Waals surface area contributed by atoms with E-state index in [1.807, 2.05) is 32.0 Å². The monoisotopic (exact) mass is 482 g/mol. The van der Waals surface area contributed by atoms with Crippen LogP contribution in [0.1, 0.15) is 45.8 Å². The fourth-order valence-corrected chi connectivity index (χ4v) is 4.87. The molecule has 1 aromatic heterocycles. The minimum Gasteiger partial charge on any atom is -0.355 e. The Labute approximate surface area is 198 Å². The van der Waals surface area contributed by atoms with Gasteiger partial charge in [0.15, 0.2) is 5.03 Å². The van der Waals surface area contributed by atoms with Crippen LogP contribution in [0.5, 0.6) is 0 Å². The summed E-state index contributed by atoms with van der Waals surface area (Å²) in [5.74, 6) is -0.256. The number of nitrogens with two attached hydrogens (primary N) is 1. The quantitative estimate of drug-likeness (QED) is 0.566. The first-order valence-corrected chi connectivity index (χ1v) is 12.6. The van der Waals surface area contributed by atoms with Crippen molar-refractivity contribution in [3.63, 3.8) is 0 Å². The Hall–Kier alpha value is -3.30. The lowest BCUT2D eigenvalue weighted by atomic mass is 9.89. The minimum absolute atomic E-state index is 0.238. The van der Waals surface area contributed by atoms with Crippen LogP contribution in [0, 0.1) is 19.7 Å². The largest absolute Gasteiger partial charge is 0.355 e. The second kappa shape index (κ2) is 9.52. The number of aryl methyl sites for hydroxylation is 2. The Kier molecular flexibility index (Phi) is 6.67. The summed E-state index contributed by atoms with van der Waals surface area (Å²) in [5, 5.41) is 8.15. The van der Waals surface area contributed by atoms with Crippen molar-refractivity contribution in [2.75, 3.05) is 18.4 Å². The number of rotatable bonds is 5. The van der Waals surface area contributed by atoms with E-state index >= 15 is 0 Å². The third-order valence-corrected chi connectivity index (χ3v) is 6.83. The van der Waals surface area contributed by atoms with Crippen molar-refractivity contribution in [3.05, 3.63) is 82.8 Å². The van der Waals surface area contributed by atoms with Gasteiger partial charge in [0.1, 0.15) is 5.82 Å². The molecule has 0 atom stereocenters. The second-order valence-corrected chi connectivity index (χ2v) is 10.2. The highest BCUT2D eigenvalue weighted by molar-refractivity contribution is 7.89. The van der Waals surface area contributed by atoms with Crippen molar-refractivity contribution in [1.82, 2.24) is 9.88 Å². The van der Waals surface area contributed by atoms with Gasteiger partial charge in [0.2, 0.25) is 0 Å². The highest BCUT2D eigenvalue weighted by Gasteiger charge is 2.27. The summed E-state index contributed by atoms with van der Waals surface area (Å²) in [6, 6.07) is 13.6. The van der Waals surface area contributed by atoms with Crippen LogP contribution in [0.25, 0.3) is 0 Å². The van der Waals surface area contributed by atoms with Gasteiger partial charge in [-0.15, -0.1) is 0 Å². The minimum atomic E-state index is -4.04. The van der Waals surface area contributed by atoms with E-state index in [0.29, 0.717) is 18.8 Å². The molecule has 9 heteroatoms. The summed E-state index contributed by atoms with van der Waals surface area (Å²) >= 11 is 0. The summed E-state index contributed by atoms with van der Waals surface area (Å²) in [7, 11) is -4.04. The number of aromatic nitrogens is 1. The molecule has 0 saturated carbocycles. The van der Waals surface area contributed by atoms with Crippen molar-refractivity contribution >= 4 is 27.3 Å². The zero-order chi connectivity index (χ0) is 24.5. The average molecular weight is 483 g/mol. The highest BCUT2D eigenvalue weighted by Crippen LogP contribution is 2.31. The number of benzene rings is 2. The first-order chi connectivity index (χ1) is 16.1. The smallest absolute Gasteiger partial charge is 0.257 e. The summed E-state index contributed by atoms with van der Waals surface area (Å²) in [6.45, 7) is 4.97. The van der Waals surface area contributed by atoms with Gasteiger partial charge >= 0.3 is 0 Å². The Bertz CT molecular complexity index is 1300. The van der Waals surface area contributed by atoms with Crippen LogP contribution in [0.4, 0.5) is 15.8 Å². The molecule has 0 unspecified atom stereocenters. The number of primary sulfonamides is 1. The first kappa shape index (κ1) is 23.8. The number of likely N-dealkylation sites (tertiary alicyclic amines) is 1. The van der Waals surface area contributed by atoms with E-state index < -0.39 is 10.0 Å². The van der Waals surface area contributed by atoms with Gasteiger partial charge in [-0.05, 0) is 73.6 Å². The number of halogens is 1. The van der Waals surface area contributed by atoms with Crippen molar-refractivity contribution in [2.24, 2.45) is 5.14 Å². The lowest BCUT2D eigenvalue weighted by Gasteiger charge is -2.32. The van der Waals surface area contributed by atoms with Gasteiger partial charge in [-0.2, -0.15) is 0 Å². The van der Waals surface area contributed by atoms with Gasteiger partial charge in [0.25, 0.3) is 15.9 Å². The molecule has 1 aliphatic heterocycles. The SMILES string of the molecule is Cc1cc(C)cc(Nc2cc(S(N)(=O)=O)ncc2C(=O)N2CCC(c3ccc(F)cc3)CC2)c1. The fourth-order valence-electron chi connectivity index (χ4n) is 4.39. The number of carbonyl (C=O) groups excluding carboxylic acids is 1. The molecule has 34 heavy (non-hydrogen) atoms. The van der Waals surface area contributed by atoms with Crippen molar-refractivity contribution in [1.29, 1.82) is 0 Å². The zero-order valence-corrected chi connectivity index (χ0v) is 19.9. The number of pyridine rings is 1. The van der Waals surface area contributed by atoms with Gasteiger partial charge in [-0.25, -0.2) is 22.9 Å². The molecule has 178 valence electrons. The molecule has 0 aliphatic carbocycles. The summed E-state index contributed by atoms with van der Waals surface area (Å²) in [6.07, 6.45) is 2.76. The van der Waals surface area contributed by atoms with E-state index in [2.05, 4.69) is 10.3 Å². The van der Waals surface area contributed by atoms with Gasteiger partial charge in [0.05, 0.1) is 11.3 Å². The molecule has 1 fully saturated rings. The Balaban J connectivity index is 1.58. The molecular formula is C25H27FN4O3S. The molecule has 1 saturated heterocycles. The van der Waals surface area contributed by atoms with E-state index in [9.17, 15) is 17.6 Å². The summed E-state index contributed by atoms with van der Waals surface area (Å²) < 4.78 is 37.0. The maximum Gasteiger partial charge on any atom is 0.257 e. The normalized spacial score (nSPS) is 14.8. The van der Waals surface area contributed by atoms with Gasteiger partial charge < -0.3 is 10.2 Å². The lowest BCUT2D eigenvalue weighted by Crippen LogP contribution is -2.38. The molecule has 3 N–H and O–H groups in total. The predicted octanol–water partition coefficient (Wildman–Crippen LogP) is 4.25. The standard InChI is InChI=1S/C25H27FN4O3S/c1-16-11-17(2)13-21(12-16)29-23-14-24(34(27,32)33)28-15-22(23)25(31)30-9-7-19(8-10-30)18-3-5-20(26)6-4-18/h3-6,11-15,19H,7-10H2,1-2H3,(H,28,29)(H2,27,32,33). The fraction of sp³-hybridized carbons (Fsp3) is 0.280. The van der Waals surface area contributed by atoms with E-state index in [-0.39, 0.29) is 28.2 Å². The van der Waals surface area contributed by atoms with E-state index in [1.54, 1.807) is 17.0 Å². The van der Waals surface area contributed by atoms with Gasteiger partial charge in [-0.3, -0.25) is 4.79 Å². The lowest BCUT2D eigenvalue weighted by molar-refractivity contribution is 0.0713. The van der Waals surface area contributed by atoms with Crippen molar-refractivity contribution < 1.29 is 17.6 Å². The number of nitrogens with zero attached hydrogens (tertiary/aromatic N) is 2. The van der Waals surface area contributed by atoms with E-state index in [1.165, 1.54) is 24.4 Å². The molecule has 0 spiro atoms. The summed E-state index contributed by atoms with van der Waals surface area (Å²) in [4.78, 5) is 19.1. The van der Waals surface area contributed by atoms with Crippen molar-refractivity contribution in [3.8, 4) is 0 Å². The molecule has 3 aromatic rings. The van der Waals surface area contributed by atoms with Crippen LogP contribution in [0.15, 0.2) is 59.8 Å². The maximum atomic E-state index is 13.4. The molecule has 0 bridgehead atoms. The van der Waals surface area contributed by atoms with Crippen LogP contribution < -0.4 is 10.5 Å². The molecule has 2 aromatic carbocycles. The average Bonchev–Trinajstić information content (AvgIpc) is 2.78. The topological polar surface area (TPSA) is 105 Å². The number of nitrogens with one attached hydrogen (secondary N) is 1. The number of amides is 1. The highest BCUT2D eigenvalue weighted by atomic mass is 32.2. The second-order valence-electron chi connectivity index (χ2n) is 8.73. The van der Waals surface area contributed by atoms with Crippen molar-refractivity contribution in [2.45, 2.75) is 37.6 Å². The number of piperidine rings is 1. The summed E-state index contributed by atoms with van der Waals surface area (Å²) in [5.41, 5.74) is 4.44. The van der Waals surface area contributed by atoms with Crippen LogP contribution in [-0.2, 0) is 10.0 Å². The van der Waals surface area contributed by atoms with Crippen LogP contribution in [-0.4, -0.2) is 37.3 Å². The van der Waals surface area contributed by atoms with E-state index in [0.717, 1.165) is 35.2 Å².